The zero-order chi connectivity index (χ0) is 27.8. The van der Waals surface area contributed by atoms with E-state index in [-0.39, 0.29) is 11.5 Å². The second-order valence-corrected chi connectivity index (χ2v) is 10.0. The van der Waals surface area contributed by atoms with Gasteiger partial charge in [0.25, 0.3) is 11.8 Å². The van der Waals surface area contributed by atoms with E-state index < -0.39 is 24.0 Å². The summed E-state index contributed by atoms with van der Waals surface area (Å²) in [5, 5.41) is 27.1. The molecule has 2 bridgehead atoms. The highest BCUT2D eigenvalue weighted by atomic mass is 16.5. The van der Waals surface area contributed by atoms with Gasteiger partial charge in [-0.1, -0.05) is 18.3 Å². The fourth-order valence-electron chi connectivity index (χ4n) is 5.17. The molecule has 9 nitrogen and oxygen atoms in total. The van der Waals surface area contributed by atoms with Crippen LogP contribution in [0, 0.1) is 35.5 Å². The summed E-state index contributed by atoms with van der Waals surface area (Å²) in [6.45, 7) is 1.64. The van der Waals surface area contributed by atoms with Crippen molar-refractivity contribution in [1.29, 1.82) is 0 Å². The van der Waals surface area contributed by atoms with E-state index in [1.54, 1.807) is 12.1 Å². The molecular formula is C30H32N4O5. The van der Waals surface area contributed by atoms with Gasteiger partial charge in [-0.25, -0.2) is 5.48 Å². The molecule has 39 heavy (non-hydrogen) atoms. The average molecular weight is 529 g/mol. The van der Waals surface area contributed by atoms with Gasteiger partial charge in [0.15, 0.2) is 0 Å². The predicted molar refractivity (Wildman–Crippen MR) is 145 cm³/mol. The molecule has 2 aromatic rings. The van der Waals surface area contributed by atoms with Gasteiger partial charge in [0.05, 0.1) is 12.6 Å². The lowest BCUT2D eigenvalue weighted by Crippen LogP contribution is -2.51. The van der Waals surface area contributed by atoms with Gasteiger partial charge >= 0.3 is 0 Å². The van der Waals surface area contributed by atoms with Crippen LogP contribution >= 0.6 is 0 Å². The Hall–Kier alpha value is -4.15. The van der Waals surface area contributed by atoms with E-state index >= 15 is 0 Å². The van der Waals surface area contributed by atoms with E-state index in [0.29, 0.717) is 23.8 Å². The van der Waals surface area contributed by atoms with Gasteiger partial charge in [0.1, 0.15) is 6.04 Å². The van der Waals surface area contributed by atoms with E-state index in [1.165, 1.54) is 50.2 Å². The van der Waals surface area contributed by atoms with Crippen LogP contribution in [0.15, 0.2) is 48.5 Å². The van der Waals surface area contributed by atoms with E-state index in [2.05, 4.69) is 39.6 Å². The monoisotopic (exact) mass is 528 g/mol. The molecule has 0 aliphatic heterocycles. The first kappa shape index (κ1) is 27.9. The van der Waals surface area contributed by atoms with Crippen molar-refractivity contribution in [3.8, 4) is 23.7 Å². The van der Waals surface area contributed by atoms with Crippen molar-refractivity contribution >= 4 is 23.4 Å². The summed E-state index contributed by atoms with van der Waals surface area (Å²) in [5.41, 5.74) is 3.79. The summed E-state index contributed by atoms with van der Waals surface area (Å²) in [6.07, 6.45) is 3.92. The number of fused-ring (bicyclic) bond motifs is 2. The smallest absolute Gasteiger partial charge is 0.268 e. The van der Waals surface area contributed by atoms with Crippen LogP contribution in [-0.4, -0.2) is 52.8 Å². The first-order valence-electron chi connectivity index (χ1n) is 13.0. The number of rotatable bonds is 8. The normalized spacial score (nSPS) is 20.4. The van der Waals surface area contributed by atoms with Gasteiger partial charge in [-0.05, 0) is 98.4 Å². The summed E-state index contributed by atoms with van der Waals surface area (Å²) < 4.78 is 0. The molecule has 3 amide bonds. The van der Waals surface area contributed by atoms with E-state index in [0.717, 1.165) is 17.4 Å². The molecule has 0 spiro atoms. The van der Waals surface area contributed by atoms with Crippen molar-refractivity contribution in [1.82, 2.24) is 16.1 Å². The van der Waals surface area contributed by atoms with Crippen molar-refractivity contribution < 1.29 is 24.7 Å². The standard InChI is InChI=1S/C30H32N4O5/c1-19(35)28(30(38)34-39)33-29(37)23-11-6-20(7-12-23)4-2-3-5-21-9-14-25(15-10-21)32-27(36)18-31-26-17-22-8-13-24(26)16-22/h6-7,9-12,14-15,19,22,24,26,28,31,35,39H,8,13,16-18H2,1H3,(H,32,36)(H,33,37)(H,34,38)/t19-,22+,24-,26?,28+/m1/s1. The molecule has 2 aliphatic rings. The van der Waals surface area contributed by atoms with Crippen LogP contribution in [0.25, 0.3) is 0 Å². The van der Waals surface area contributed by atoms with Crippen LogP contribution in [0.3, 0.4) is 0 Å². The molecule has 2 fully saturated rings. The van der Waals surface area contributed by atoms with Crippen LogP contribution in [-0.2, 0) is 9.59 Å². The topological polar surface area (TPSA) is 140 Å². The van der Waals surface area contributed by atoms with Crippen molar-refractivity contribution in [3.63, 3.8) is 0 Å². The zero-order valence-corrected chi connectivity index (χ0v) is 21.7. The molecule has 0 aromatic heterocycles. The van der Waals surface area contributed by atoms with Gasteiger partial charge < -0.3 is 21.1 Å². The highest BCUT2D eigenvalue weighted by molar-refractivity contribution is 5.97. The number of hydroxylamine groups is 1. The summed E-state index contributed by atoms with van der Waals surface area (Å²) in [4.78, 5) is 36.2. The Balaban J connectivity index is 1.24. The lowest BCUT2D eigenvalue weighted by Gasteiger charge is -2.22. The molecule has 6 N–H and O–H groups in total. The number of aliphatic hydroxyl groups is 1. The number of benzene rings is 2. The minimum Gasteiger partial charge on any atom is -0.391 e. The number of nitrogens with one attached hydrogen (secondary N) is 4. The molecule has 202 valence electrons. The first-order chi connectivity index (χ1) is 18.8. The maximum absolute atomic E-state index is 12.3. The quantitative estimate of drug-likeness (QED) is 0.175. The lowest BCUT2D eigenvalue weighted by atomic mass is 9.95. The van der Waals surface area contributed by atoms with Crippen molar-refractivity contribution in [2.45, 2.75) is 50.8 Å². The minimum absolute atomic E-state index is 0.0515. The summed E-state index contributed by atoms with van der Waals surface area (Å²) >= 11 is 0. The second kappa shape index (κ2) is 13.1. The van der Waals surface area contributed by atoms with Crippen LogP contribution < -0.4 is 21.4 Å². The Morgan fingerprint density at radius 1 is 0.949 bits per heavy atom. The average Bonchev–Trinajstić information content (AvgIpc) is 3.57. The SMILES string of the molecule is C[C@@H](O)[C@H](NC(=O)c1ccc(C#CC#Cc2ccc(NC(=O)CNC3C[C@H]4CC[C@@H]3C4)cc2)cc1)C(=O)NO. The highest BCUT2D eigenvalue weighted by Crippen LogP contribution is 2.44. The van der Waals surface area contributed by atoms with Crippen LogP contribution in [0.4, 0.5) is 5.69 Å². The van der Waals surface area contributed by atoms with Gasteiger partial charge in [0, 0.05) is 28.4 Å². The third-order valence-corrected chi connectivity index (χ3v) is 7.22. The number of amides is 3. The second-order valence-electron chi connectivity index (χ2n) is 10.0. The number of aliphatic hydroxyl groups excluding tert-OH is 1. The Kier molecular flexibility index (Phi) is 9.35. The highest BCUT2D eigenvalue weighted by Gasteiger charge is 2.39. The van der Waals surface area contributed by atoms with Gasteiger partial charge in [-0.3, -0.25) is 19.6 Å². The number of carbonyl (C=O) groups is 3. The maximum atomic E-state index is 12.3. The predicted octanol–water partition coefficient (Wildman–Crippen LogP) is 1.79. The fraction of sp³-hybridized carbons (Fsp3) is 0.367. The number of anilines is 1. The van der Waals surface area contributed by atoms with Gasteiger partial charge in [-0.2, -0.15) is 0 Å². The summed E-state index contributed by atoms with van der Waals surface area (Å²) in [7, 11) is 0. The van der Waals surface area contributed by atoms with Crippen LogP contribution in [0.5, 0.6) is 0 Å². The fourth-order valence-corrected chi connectivity index (χ4v) is 5.17. The molecule has 5 atom stereocenters. The van der Waals surface area contributed by atoms with Crippen molar-refractivity contribution in [3.05, 3.63) is 65.2 Å². The molecule has 4 rings (SSSR count). The molecule has 9 heteroatoms. The minimum atomic E-state index is -1.30. The van der Waals surface area contributed by atoms with Gasteiger partial charge in [-0.15, -0.1) is 0 Å². The first-order valence-corrected chi connectivity index (χ1v) is 13.0. The van der Waals surface area contributed by atoms with Gasteiger partial charge in [0.2, 0.25) is 5.91 Å². The summed E-state index contributed by atoms with van der Waals surface area (Å²) in [5.74, 6) is 11.4. The molecule has 2 aromatic carbocycles. The van der Waals surface area contributed by atoms with Crippen molar-refractivity contribution in [2.24, 2.45) is 11.8 Å². The van der Waals surface area contributed by atoms with Crippen molar-refractivity contribution in [2.75, 3.05) is 11.9 Å². The maximum Gasteiger partial charge on any atom is 0.268 e. The molecule has 0 radical (unpaired) electrons. The number of hydrogen-bond donors (Lipinski definition) is 6. The van der Waals surface area contributed by atoms with E-state index in [9.17, 15) is 19.5 Å². The lowest BCUT2D eigenvalue weighted by molar-refractivity contribution is -0.133. The summed E-state index contributed by atoms with van der Waals surface area (Å²) in [6, 6.07) is 12.8. The van der Waals surface area contributed by atoms with E-state index in [4.69, 9.17) is 5.21 Å². The van der Waals surface area contributed by atoms with E-state index in [1.807, 2.05) is 24.3 Å². The molecule has 1 unspecified atom stereocenters. The molecule has 2 saturated carbocycles. The largest absolute Gasteiger partial charge is 0.391 e. The zero-order valence-electron chi connectivity index (χ0n) is 21.7. The Morgan fingerprint density at radius 2 is 1.59 bits per heavy atom. The Labute approximate surface area is 227 Å². The Morgan fingerprint density at radius 3 is 2.13 bits per heavy atom. The molecule has 0 saturated heterocycles. The van der Waals surface area contributed by atoms with Crippen LogP contribution in [0.1, 0.15) is 54.1 Å². The van der Waals surface area contributed by atoms with Crippen LogP contribution in [0.2, 0.25) is 0 Å². The number of carbonyl (C=O) groups excluding carboxylic acids is 3. The third-order valence-electron chi connectivity index (χ3n) is 7.22. The Bertz CT molecular complexity index is 1320. The molecular weight excluding hydrogens is 496 g/mol. The molecule has 2 aliphatic carbocycles. The molecule has 0 heterocycles. The number of hydrogen-bond acceptors (Lipinski definition) is 6. The third kappa shape index (κ3) is 7.68.